The summed E-state index contributed by atoms with van der Waals surface area (Å²) < 4.78 is 0. The normalized spacial score (nSPS) is 14.9. The van der Waals surface area contributed by atoms with Gasteiger partial charge in [-0.05, 0) is 36.6 Å². The highest BCUT2D eigenvalue weighted by atomic mass is 15.2. The fourth-order valence-electron chi connectivity index (χ4n) is 2.92. The minimum absolute atomic E-state index is 0.956. The Bertz CT molecular complexity index is 569. The lowest BCUT2D eigenvalue weighted by Gasteiger charge is -2.28. The Labute approximate surface area is 115 Å². The van der Waals surface area contributed by atoms with Crippen molar-refractivity contribution < 1.29 is 0 Å². The second-order valence-corrected chi connectivity index (χ2v) is 5.20. The number of aryl methyl sites for hydroxylation is 2. The van der Waals surface area contributed by atoms with Crippen molar-refractivity contribution in [1.29, 1.82) is 0 Å². The van der Waals surface area contributed by atoms with Crippen molar-refractivity contribution in [3.63, 3.8) is 0 Å². The lowest BCUT2D eigenvalue weighted by Crippen LogP contribution is -2.25. The average molecular weight is 252 g/mol. The second-order valence-electron chi connectivity index (χ2n) is 5.20. The number of fused-ring (bicyclic) bond motifs is 1. The van der Waals surface area contributed by atoms with E-state index in [2.05, 4.69) is 66.5 Å². The number of benzene rings is 2. The molecule has 0 radical (unpaired) electrons. The molecule has 0 aliphatic carbocycles. The molecular weight excluding hydrogens is 232 g/mol. The molecule has 0 amide bonds. The molecule has 1 aliphatic rings. The number of nitrogens with one attached hydrogen (secondary N) is 1. The lowest BCUT2D eigenvalue weighted by atomic mass is 10.1. The summed E-state index contributed by atoms with van der Waals surface area (Å²) in [6, 6.07) is 15.2. The first-order valence-corrected chi connectivity index (χ1v) is 6.90. The number of anilines is 2. The Kier molecular flexibility index (Phi) is 3.26. The molecule has 0 atom stereocenters. The van der Waals surface area contributed by atoms with Gasteiger partial charge in [0.15, 0.2) is 0 Å². The summed E-state index contributed by atoms with van der Waals surface area (Å²) in [5.74, 6) is 0. The molecule has 2 nitrogen and oxygen atoms in total. The zero-order chi connectivity index (χ0) is 13.2. The van der Waals surface area contributed by atoms with Crippen LogP contribution < -0.4 is 10.2 Å². The smallest absolute Gasteiger partial charge is 0.0470 e. The molecule has 1 N–H and O–H groups in total. The summed E-state index contributed by atoms with van der Waals surface area (Å²) in [5.41, 5.74) is 6.76. The molecule has 2 heteroatoms. The molecule has 0 spiro atoms. The van der Waals surface area contributed by atoms with Crippen molar-refractivity contribution >= 4 is 11.4 Å². The Morgan fingerprint density at radius 1 is 0.947 bits per heavy atom. The number of para-hydroxylation sites is 2. The maximum atomic E-state index is 3.50. The summed E-state index contributed by atoms with van der Waals surface area (Å²) in [7, 11) is 0. The van der Waals surface area contributed by atoms with Crippen LogP contribution in [0.5, 0.6) is 0 Å². The molecule has 0 saturated carbocycles. The Hall–Kier alpha value is -1.80. The zero-order valence-electron chi connectivity index (χ0n) is 11.6. The van der Waals surface area contributed by atoms with Gasteiger partial charge >= 0.3 is 0 Å². The second kappa shape index (κ2) is 5.06. The SMILES string of the molecule is Cc1cccc(C)c1N1CCNCc2ccccc21. The van der Waals surface area contributed by atoms with Crippen LogP contribution in [0.15, 0.2) is 42.5 Å². The third kappa shape index (κ3) is 2.24. The summed E-state index contributed by atoms with van der Waals surface area (Å²) >= 11 is 0. The topological polar surface area (TPSA) is 15.3 Å². The molecule has 0 unspecified atom stereocenters. The van der Waals surface area contributed by atoms with E-state index in [1.807, 2.05) is 0 Å². The van der Waals surface area contributed by atoms with Crippen LogP contribution in [-0.4, -0.2) is 13.1 Å². The Morgan fingerprint density at radius 2 is 1.68 bits per heavy atom. The molecule has 1 heterocycles. The van der Waals surface area contributed by atoms with Crippen LogP contribution in [-0.2, 0) is 6.54 Å². The van der Waals surface area contributed by atoms with Gasteiger partial charge in [0.05, 0.1) is 0 Å². The van der Waals surface area contributed by atoms with Gasteiger partial charge in [-0.1, -0.05) is 36.4 Å². The average Bonchev–Trinajstić information content (AvgIpc) is 2.62. The van der Waals surface area contributed by atoms with Gasteiger partial charge in [-0.15, -0.1) is 0 Å². The van der Waals surface area contributed by atoms with E-state index >= 15 is 0 Å². The van der Waals surface area contributed by atoms with E-state index in [4.69, 9.17) is 0 Å². The van der Waals surface area contributed by atoms with E-state index in [0.29, 0.717) is 0 Å². The predicted molar refractivity (Wildman–Crippen MR) is 81.1 cm³/mol. The third-order valence-electron chi connectivity index (χ3n) is 3.82. The van der Waals surface area contributed by atoms with E-state index in [9.17, 15) is 0 Å². The molecule has 98 valence electrons. The maximum Gasteiger partial charge on any atom is 0.0470 e. The highest BCUT2D eigenvalue weighted by molar-refractivity contribution is 5.72. The Balaban J connectivity index is 2.15. The van der Waals surface area contributed by atoms with Crippen LogP contribution >= 0.6 is 0 Å². The minimum atomic E-state index is 0.956. The van der Waals surface area contributed by atoms with E-state index in [-0.39, 0.29) is 0 Å². The molecular formula is C17H20N2. The van der Waals surface area contributed by atoms with Gasteiger partial charge in [-0.2, -0.15) is 0 Å². The van der Waals surface area contributed by atoms with Gasteiger partial charge in [-0.3, -0.25) is 0 Å². The van der Waals surface area contributed by atoms with E-state index < -0.39 is 0 Å². The van der Waals surface area contributed by atoms with Gasteiger partial charge in [0, 0.05) is 31.0 Å². The summed E-state index contributed by atoms with van der Waals surface area (Å²) in [5, 5.41) is 3.50. The van der Waals surface area contributed by atoms with E-state index in [1.54, 1.807) is 0 Å². The van der Waals surface area contributed by atoms with Crippen LogP contribution in [0.3, 0.4) is 0 Å². The fourth-order valence-corrected chi connectivity index (χ4v) is 2.92. The molecule has 1 aliphatic heterocycles. The van der Waals surface area contributed by atoms with Crippen LogP contribution in [0.1, 0.15) is 16.7 Å². The molecule has 0 aromatic heterocycles. The first-order valence-electron chi connectivity index (χ1n) is 6.90. The molecule has 0 bridgehead atoms. The number of nitrogens with zero attached hydrogens (tertiary/aromatic N) is 1. The Morgan fingerprint density at radius 3 is 2.47 bits per heavy atom. The van der Waals surface area contributed by atoms with Crippen LogP contribution in [0, 0.1) is 13.8 Å². The van der Waals surface area contributed by atoms with E-state index in [0.717, 1.165) is 19.6 Å². The number of hydrogen-bond donors (Lipinski definition) is 1. The lowest BCUT2D eigenvalue weighted by molar-refractivity contribution is 0.712. The number of hydrogen-bond acceptors (Lipinski definition) is 2. The number of rotatable bonds is 1. The molecule has 19 heavy (non-hydrogen) atoms. The maximum absolute atomic E-state index is 3.50. The van der Waals surface area contributed by atoms with Gasteiger partial charge < -0.3 is 10.2 Å². The van der Waals surface area contributed by atoms with Crippen LogP contribution in [0.4, 0.5) is 11.4 Å². The van der Waals surface area contributed by atoms with Gasteiger partial charge in [0.1, 0.15) is 0 Å². The van der Waals surface area contributed by atoms with Crippen molar-refractivity contribution in [3.8, 4) is 0 Å². The van der Waals surface area contributed by atoms with E-state index in [1.165, 1.54) is 28.1 Å². The van der Waals surface area contributed by atoms with Gasteiger partial charge in [0.25, 0.3) is 0 Å². The third-order valence-corrected chi connectivity index (χ3v) is 3.82. The predicted octanol–water partition coefficient (Wildman–Crippen LogP) is 3.54. The van der Waals surface area contributed by atoms with Crippen molar-refractivity contribution in [3.05, 3.63) is 59.2 Å². The fraction of sp³-hybridized carbons (Fsp3) is 0.294. The largest absolute Gasteiger partial charge is 0.340 e. The first kappa shape index (κ1) is 12.2. The quantitative estimate of drug-likeness (QED) is 0.835. The summed E-state index contributed by atoms with van der Waals surface area (Å²) in [6.07, 6.45) is 0. The van der Waals surface area contributed by atoms with Crippen molar-refractivity contribution in [2.75, 3.05) is 18.0 Å². The summed E-state index contributed by atoms with van der Waals surface area (Å²) in [6.45, 7) is 7.38. The molecule has 3 rings (SSSR count). The van der Waals surface area contributed by atoms with Crippen molar-refractivity contribution in [2.24, 2.45) is 0 Å². The minimum Gasteiger partial charge on any atom is -0.340 e. The molecule has 2 aromatic carbocycles. The highest BCUT2D eigenvalue weighted by Gasteiger charge is 2.18. The molecule has 2 aromatic rings. The first-order chi connectivity index (χ1) is 9.27. The standard InChI is InChI=1S/C17H20N2/c1-13-6-5-7-14(2)17(13)19-11-10-18-12-15-8-3-4-9-16(15)19/h3-9,18H,10-12H2,1-2H3. The van der Waals surface area contributed by atoms with Crippen molar-refractivity contribution in [1.82, 2.24) is 5.32 Å². The van der Waals surface area contributed by atoms with Crippen LogP contribution in [0.25, 0.3) is 0 Å². The highest BCUT2D eigenvalue weighted by Crippen LogP contribution is 2.34. The summed E-state index contributed by atoms with van der Waals surface area (Å²) in [4.78, 5) is 2.46. The van der Waals surface area contributed by atoms with Crippen molar-refractivity contribution in [2.45, 2.75) is 20.4 Å². The zero-order valence-corrected chi connectivity index (χ0v) is 11.6. The monoisotopic (exact) mass is 252 g/mol. The molecule has 0 fully saturated rings. The molecule has 0 saturated heterocycles. The van der Waals surface area contributed by atoms with Gasteiger partial charge in [-0.25, -0.2) is 0 Å². The van der Waals surface area contributed by atoms with Gasteiger partial charge in [0.2, 0.25) is 0 Å². The van der Waals surface area contributed by atoms with Crippen LogP contribution in [0.2, 0.25) is 0 Å².